The molecular weight excluding hydrogens is 392 g/mol. The zero-order valence-electron chi connectivity index (χ0n) is 20.6. The Balaban J connectivity index is 1.26. The van der Waals surface area contributed by atoms with E-state index in [2.05, 4.69) is 12.7 Å². The largest absolute Gasteiger partial charge is 0.378 e. The van der Waals surface area contributed by atoms with Crippen LogP contribution in [-0.4, -0.2) is 19.0 Å². The molecule has 0 aliphatic heterocycles. The van der Waals surface area contributed by atoms with Crippen LogP contribution in [0.2, 0.25) is 0 Å². The number of unbranched alkanes of at least 4 members (excludes halogenated alkanes) is 13. The van der Waals surface area contributed by atoms with E-state index in [-0.39, 0.29) is 5.92 Å². The van der Waals surface area contributed by atoms with Crippen LogP contribution in [0.5, 0.6) is 0 Å². The Hall–Kier alpha value is -1.15. The summed E-state index contributed by atoms with van der Waals surface area (Å²) in [5, 5.41) is 0. The number of hydrogen-bond acceptors (Lipinski definition) is 2. The summed E-state index contributed by atoms with van der Waals surface area (Å²) >= 11 is 0. The van der Waals surface area contributed by atoms with Gasteiger partial charge in [-0.15, -0.1) is 0 Å². The van der Waals surface area contributed by atoms with Crippen LogP contribution in [0.4, 0.5) is 0 Å². The van der Waals surface area contributed by atoms with Crippen LogP contribution < -0.4 is 0 Å². The van der Waals surface area contributed by atoms with E-state index in [1.807, 2.05) is 30.3 Å². The van der Waals surface area contributed by atoms with Crippen LogP contribution >= 0.6 is 0 Å². The molecule has 2 rings (SSSR count). The molecule has 1 unspecified atom stereocenters. The molecule has 1 atom stereocenters. The van der Waals surface area contributed by atoms with Gasteiger partial charge in [0.05, 0.1) is 12.0 Å². The van der Waals surface area contributed by atoms with Gasteiger partial charge < -0.3 is 4.74 Å². The molecule has 1 fully saturated rings. The maximum Gasteiger partial charge on any atom is 0.206 e. The number of benzene rings is 1. The fraction of sp³-hybridized carbons (Fsp3) is 0.733. The summed E-state index contributed by atoms with van der Waals surface area (Å²) in [4.78, 5) is 11.2. The Labute approximate surface area is 198 Å². The number of carbonyl (C=O) groups excluding carboxylic acids is 1. The Morgan fingerprint density at radius 3 is 1.75 bits per heavy atom. The van der Waals surface area contributed by atoms with Crippen molar-refractivity contribution in [1.29, 1.82) is 0 Å². The predicted octanol–water partition coefficient (Wildman–Crippen LogP) is 8.89. The molecule has 1 aromatic rings. The van der Waals surface area contributed by atoms with Crippen molar-refractivity contribution in [3.63, 3.8) is 0 Å². The first-order valence-electron chi connectivity index (χ1n) is 13.8. The van der Waals surface area contributed by atoms with Gasteiger partial charge in [-0.25, -0.2) is 0 Å². The molecular formula is C30H48O2. The third kappa shape index (κ3) is 13.4. The van der Waals surface area contributed by atoms with Gasteiger partial charge in [-0.3, -0.25) is 4.79 Å². The Kier molecular flexibility index (Phi) is 16.4. The second-order valence-corrected chi connectivity index (χ2v) is 9.76. The lowest BCUT2D eigenvalue weighted by atomic mass is 9.94. The van der Waals surface area contributed by atoms with Crippen LogP contribution in [-0.2, 0) is 9.53 Å². The maximum absolute atomic E-state index is 11.2. The topological polar surface area (TPSA) is 26.3 Å². The minimum absolute atomic E-state index is 0.0371. The van der Waals surface area contributed by atoms with Gasteiger partial charge in [-0.05, 0) is 50.5 Å². The molecule has 32 heavy (non-hydrogen) atoms. The molecule has 0 N–H and O–H groups in total. The minimum atomic E-state index is -0.0371. The molecule has 1 aliphatic carbocycles. The average molecular weight is 441 g/mol. The monoisotopic (exact) mass is 440 g/mol. The van der Waals surface area contributed by atoms with E-state index in [4.69, 9.17) is 4.74 Å². The van der Waals surface area contributed by atoms with Crippen molar-refractivity contribution in [2.24, 2.45) is 0 Å². The Bertz CT molecular complexity index is 535. The van der Waals surface area contributed by atoms with Crippen molar-refractivity contribution in [3.8, 4) is 0 Å². The van der Waals surface area contributed by atoms with Gasteiger partial charge in [-0.1, -0.05) is 114 Å². The molecule has 0 aromatic heterocycles. The van der Waals surface area contributed by atoms with E-state index < -0.39 is 0 Å². The number of rotatable bonds is 20. The summed E-state index contributed by atoms with van der Waals surface area (Å²) in [7, 11) is 0. The molecule has 0 heterocycles. The van der Waals surface area contributed by atoms with E-state index >= 15 is 0 Å². The zero-order valence-corrected chi connectivity index (χ0v) is 20.6. The van der Waals surface area contributed by atoms with Gasteiger partial charge in [0.25, 0.3) is 0 Å². The van der Waals surface area contributed by atoms with E-state index in [9.17, 15) is 4.79 Å². The highest BCUT2D eigenvalue weighted by Crippen LogP contribution is 2.22. The van der Waals surface area contributed by atoms with Crippen LogP contribution in [0.3, 0.4) is 0 Å². The fourth-order valence-electron chi connectivity index (χ4n) is 4.86. The third-order valence-corrected chi connectivity index (χ3v) is 6.97. The van der Waals surface area contributed by atoms with Crippen LogP contribution in [0, 0.1) is 6.42 Å². The molecule has 2 heteroatoms. The van der Waals surface area contributed by atoms with E-state index in [1.165, 1.54) is 109 Å². The molecule has 2 radical (unpaired) electrons. The number of ether oxygens (including phenoxy) is 1. The summed E-state index contributed by atoms with van der Waals surface area (Å²) in [5.74, 6) is -0.0371. The highest BCUT2D eigenvalue weighted by atomic mass is 16.5. The summed E-state index contributed by atoms with van der Waals surface area (Å²) in [6, 6.07) is 10.1. The molecule has 180 valence electrons. The van der Waals surface area contributed by atoms with Gasteiger partial charge in [0.15, 0.2) is 0 Å². The Morgan fingerprint density at radius 2 is 1.22 bits per heavy atom. The van der Waals surface area contributed by atoms with Gasteiger partial charge in [0.2, 0.25) is 6.29 Å². The summed E-state index contributed by atoms with van der Waals surface area (Å²) in [6.07, 6.45) is 30.0. The number of hydrogen-bond donors (Lipinski definition) is 0. The molecule has 1 saturated carbocycles. The molecule has 2 nitrogen and oxygen atoms in total. The lowest BCUT2D eigenvalue weighted by Gasteiger charge is -2.21. The molecule has 1 aromatic carbocycles. The molecule has 0 bridgehead atoms. The predicted molar refractivity (Wildman–Crippen MR) is 137 cm³/mol. The standard InChI is InChI=1S/C30H48O2/c31-27-29(28-21-16-13-17-22-28)23-15-11-9-7-5-3-1-2-4-6-8-10-12-20-26-32-30-24-18-14-19-25-30/h13-14,16-17,21-22,29-30H,1-12,15,18-20,23-26H2. The summed E-state index contributed by atoms with van der Waals surface area (Å²) < 4.78 is 5.99. The third-order valence-electron chi connectivity index (χ3n) is 6.97. The quantitative estimate of drug-likeness (QED) is 0.189. The summed E-state index contributed by atoms with van der Waals surface area (Å²) in [6.45, 7) is 0.980. The lowest BCUT2D eigenvalue weighted by Crippen LogP contribution is -2.17. The van der Waals surface area contributed by atoms with Crippen molar-refractivity contribution in [2.75, 3.05) is 6.61 Å². The normalized spacial score (nSPS) is 15.6. The minimum Gasteiger partial charge on any atom is -0.378 e. The first-order valence-corrected chi connectivity index (χ1v) is 13.8. The second-order valence-electron chi connectivity index (χ2n) is 9.76. The van der Waals surface area contributed by atoms with E-state index in [0.717, 1.165) is 25.0 Å². The first kappa shape index (κ1) is 27.1. The van der Waals surface area contributed by atoms with E-state index in [0.29, 0.717) is 6.10 Å². The van der Waals surface area contributed by atoms with Crippen LogP contribution in [0.1, 0.15) is 133 Å². The molecule has 0 saturated heterocycles. The summed E-state index contributed by atoms with van der Waals surface area (Å²) in [5.41, 5.74) is 1.12. The van der Waals surface area contributed by atoms with Crippen LogP contribution in [0.25, 0.3) is 0 Å². The average Bonchev–Trinajstić information content (AvgIpc) is 2.84. The van der Waals surface area contributed by atoms with Gasteiger partial charge in [-0.2, -0.15) is 0 Å². The SMILES string of the molecule is O=[C]C(CCCCCCCCCCCCCCCCOC1CC[CH]CC1)c1ccccc1. The second kappa shape index (κ2) is 19.3. The molecule has 0 amide bonds. The van der Waals surface area contributed by atoms with Crippen LogP contribution in [0.15, 0.2) is 30.3 Å². The van der Waals surface area contributed by atoms with E-state index in [1.54, 1.807) is 0 Å². The van der Waals surface area contributed by atoms with Crippen molar-refractivity contribution in [2.45, 2.75) is 134 Å². The highest BCUT2D eigenvalue weighted by molar-refractivity contribution is 5.62. The smallest absolute Gasteiger partial charge is 0.206 e. The Morgan fingerprint density at radius 1 is 0.719 bits per heavy atom. The fourth-order valence-corrected chi connectivity index (χ4v) is 4.86. The van der Waals surface area contributed by atoms with Gasteiger partial charge in [0, 0.05) is 6.61 Å². The first-order chi connectivity index (χ1) is 15.9. The lowest BCUT2D eigenvalue weighted by molar-refractivity contribution is 0.0326. The molecule has 0 spiro atoms. The zero-order chi connectivity index (χ0) is 22.5. The van der Waals surface area contributed by atoms with Crippen molar-refractivity contribution in [1.82, 2.24) is 0 Å². The van der Waals surface area contributed by atoms with Crippen molar-refractivity contribution in [3.05, 3.63) is 42.3 Å². The highest BCUT2D eigenvalue weighted by Gasteiger charge is 2.13. The maximum atomic E-state index is 11.2. The van der Waals surface area contributed by atoms with Crippen molar-refractivity contribution < 1.29 is 9.53 Å². The van der Waals surface area contributed by atoms with Gasteiger partial charge >= 0.3 is 0 Å². The molecule has 1 aliphatic rings. The van der Waals surface area contributed by atoms with Crippen molar-refractivity contribution >= 4 is 6.29 Å². The van der Waals surface area contributed by atoms with Gasteiger partial charge in [0.1, 0.15) is 0 Å².